The van der Waals surface area contributed by atoms with Gasteiger partial charge in [0.05, 0.1) is 30.3 Å². The topological polar surface area (TPSA) is 125 Å². The van der Waals surface area contributed by atoms with E-state index >= 15 is 0 Å². The summed E-state index contributed by atoms with van der Waals surface area (Å²) in [7, 11) is 0. The molecule has 52 heavy (non-hydrogen) atoms. The third kappa shape index (κ3) is 9.26. The maximum Gasteiger partial charge on any atom is 0.309 e. The summed E-state index contributed by atoms with van der Waals surface area (Å²) in [6.07, 6.45) is 11.1. The zero-order valence-electron chi connectivity index (χ0n) is 31.4. The average molecular weight is 799 g/mol. The molecule has 0 spiro atoms. The fourth-order valence-electron chi connectivity index (χ4n) is 8.88. The molecule has 8 rings (SSSR count). The van der Waals surface area contributed by atoms with Crippen LogP contribution >= 0.6 is 47.0 Å². The lowest BCUT2D eigenvalue weighted by Gasteiger charge is -2.25. The average Bonchev–Trinajstić information content (AvgIpc) is 4.00. The summed E-state index contributed by atoms with van der Waals surface area (Å²) in [4.78, 5) is 48.9. The van der Waals surface area contributed by atoms with Crippen LogP contribution in [0.25, 0.3) is 0 Å². The summed E-state index contributed by atoms with van der Waals surface area (Å²) in [6, 6.07) is 0. The molecule has 8 aliphatic rings. The van der Waals surface area contributed by atoms with Gasteiger partial charge in [-0.2, -0.15) is 0 Å². The monoisotopic (exact) mass is 798 g/mol. The minimum Gasteiger partial charge on any atom is -0.465 e. The molecule has 0 amide bonds. The molecule has 4 saturated carbocycles. The number of ether oxygens (including phenoxy) is 4. The van der Waals surface area contributed by atoms with Gasteiger partial charge in [0.15, 0.2) is 0 Å². The molecule has 4 heterocycles. The van der Waals surface area contributed by atoms with Crippen molar-refractivity contribution in [2.24, 2.45) is 23.7 Å². The minimum absolute atomic E-state index is 0.0505. The Morgan fingerprint density at radius 1 is 0.577 bits per heavy atom. The molecular formula is C39H58O9S4. The second-order valence-electron chi connectivity index (χ2n) is 17.7. The van der Waals surface area contributed by atoms with Crippen molar-refractivity contribution < 1.29 is 43.2 Å². The highest BCUT2D eigenvalue weighted by Crippen LogP contribution is 2.64. The Morgan fingerprint density at radius 3 is 1.25 bits per heavy atom. The normalized spacial score (nSPS) is 44.3. The molecule has 13 unspecified atom stereocenters. The van der Waals surface area contributed by atoms with Crippen LogP contribution in [0, 0.1) is 23.7 Å². The van der Waals surface area contributed by atoms with Gasteiger partial charge < -0.3 is 24.1 Å². The number of carbonyl (C=O) groups excluding carboxylic acids is 4. The van der Waals surface area contributed by atoms with Gasteiger partial charge in [-0.15, -0.1) is 47.0 Å². The SMILES string of the molecule is CC(CCOC(=O)C1CCC2(C)SC2C1)OC(=O)C1CCC2(C)SC2C1.CC12CCC(C(=O)OCC(O)COC(=O)C3CCC4(C)SC4C3)CC1S2. The first-order chi connectivity index (χ1) is 24.6. The number of rotatable bonds is 12. The zero-order valence-corrected chi connectivity index (χ0v) is 34.7. The number of aliphatic hydroxyl groups is 1. The highest BCUT2D eigenvalue weighted by molar-refractivity contribution is 8.09. The van der Waals surface area contributed by atoms with Crippen molar-refractivity contribution in [3.63, 3.8) is 0 Å². The second-order valence-corrected chi connectivity index (χ2v) is 24.6. The number of hydrogen-bond donors (Lipinski definition) is 1. The van der Waals surface area contributed by atoms with Crippen molar-refractivity contribution >= 4 is 70.9 Å². The van der Waals surface area contributed by atoms with Crippen molar-refractivity contribution in [3.05, 3.63) is 0 Å². The highest BCUT2D eigenvalue weighted by Gasteiger charge is 2.58. The lowest BCUT2D eigenvalue weighted by atomic mass is 9.83. The number of carbonyl (C=O) groups is 4. The quantitative estimate of drug-likeness (QED) is 0.124. The Kier molecular flexibility index (Phi) is 11.6. The first kappa shape index (κ1) is 39.5. The van der Waals surface area contributed by atoms with Crippen LogP contribution in [0.3, 0.4) is 0 Å². The molecule has 4 aliphatic heterocycles. The van der Waals surface area contributed by atoms with Gasteiger partial charge >= 0.3 is 23.9 Å². The van der Waals surface area contributed by atoms with Crippen LogP contribution in [-0.4, -0.2) is 101 Å². The Bertz CT molecular complexity index is 1350. The van der Waals surface area contributed by atoms with E-state index in [1.54, 1.807) is 0 Å². The third-order valence-electron chi connectivity index (χ3n) is 13.3. The lowest BCUT2D eigenvalue weighted by Crippen LogP contribution is -2.33. The van der Waals surface area contributed by atoms with E-state index in [-0.39, 0.29) is 66.9 Å². The number of aliphatic hydroxyl groups excluding tert-OH is 1. The van der Waals surface area contributed by atoms with Gasteiger partial charge in [-0.3, -0.25) is 19.2 Å². The van der Waals surface area contributed by atoms with Crippen molar-refractivity contribution in [3.8, 4) is 0 Å². The van der Waals surface area contributed by atoms with Crippen LogP contribution in [0.2, 0.25) is 0 Å². The fourth-order valence-corrected chi connectivity index (χ4v) is 14.3. The maximum absolute atomic E-state index is 12.4. The number of esters is 4. The number of hydrogen-bond acceptors (Lipinski definition) is 13. The fraction of sp³-hybridized carbons (Fsp3) is 0.897. The Labute approximate surface area is 326 Å². The Hall–Kier alpha value is -0.760. The van der Waals surface area contributed by atoms with Crippen LogP contribution in [0.1, 0.15) is 118 Å². The summed E-state index contributed by atoms with van der Waals surface area (Å²) in [5, 5.41) is 12.4. The number of fused-ring (bicyclic) bond motifs is 4. The molecule has 13 heteroatoms. The number of thioether (sulfide) groups is 4. The van der Waals surface area contributed by atoms with Gasteiger partial charge in [0.2, 0.25) is 0 Å². The summed E-state index contributed by atoms with van der Waals surface area (Å²) < 4.78 is 23.3. The highest BCUT2D eigenvalue weighted by atomic mass is 32.2. The molecular weight excluding hydrogens is 741 g/mol. The largest absolute Gasteiger partial charge is 0.465 e. The van der Waals surface area contributed by atoms with Crippen LogP contribution in [-0.2, 0) is 38.1 Å². The molecule has 0 aromatic carbocycles. The van der Waals surface area contributed by atoms with E-state index < -0.39 is 6.10 Å². The van der Waals surface area contributed by atoms with Crippen LogP contribution in [0.5, 0.6) is 0 Å². The van der Waals surface area contributed by atoms with E-state index in [1.807, 2.05) is 54.0 Å². The van der Waals surface area contributed by atoms with Crippen LogP contribution < -0.4 is 0 Å². The second kappa shape index (κ2) is 15.3. The van der Waals surface area contributed by atoms with E-state index in [4.69, 9.17) is 18.9 Å². The maximum atomic E-state index is 12.4. The summed E-state index contributed by atoms with van der Waals surface area (Å²) in [5.41, 5.74) is 0. The van der Waals surface area contributed by atoms with Crippen LogP contribution in [0.15, 0.2) is 0 Å². The van der Waals surface area contributed by atoms with Crippen LogP contribution in [0.4, 0.5) is 0 Å². The van der Waals surface area contributed by atoms with Gasteiger partial charge in [0.25, 0.3) is 0 Å². The van der Waals surface area contributed by atoms with Crippen molar-refractivity contribution in [2.45, 2.75) is 170 Å². The summed E-state index contributed by atoms with van der Waals surface area (Å²) in [5.74, 6) is -0.541. The lowest BCUT2D eigenvalue weighted by molar-refractivity contribution is -0.159. The third-order valence-corrected chi connectivity index (χ3v) is 20.4. The van der Waals surface area contributed by atoms with Gasteiger partial charge in [-0.25, -0.2) is 0 Å². The van der Waals surface area contributed by atoms with Crippen molar-refractivity contribution in [1.29, 1.82) is 0 Å². The summed E-state index contributed by atoms with van der Waals surface area (Å²) in [6.45, 7) is 11.2. The zero-order chi connectivity index (χ0) is 37.1. The van der Waals surface area contributed by atoms with E-state index in [0.29, 0.717) is 53.0 Å². The molecule has 0 radical (unpaired) electrons. The molecule has 4 saturated heterocycles. The van der Waals surface area contributed by atoms with Gasteiger partial charge in [-0.1, -0.05) is 0 Å². The van der Waals surface area contributed by atoms with Crippen molar-refractivity contribution in [2.75, 3.05) is 19.8 Å². The van der Waals surface area contributed by atoms with Gasteiger partial charge in [-0.05, 0) is 112 Å². The first-order valence-electron chi connectivity index (χ1n) is 19.7. The molecule has 0 bridgehead atoms. The van der Waals surface area contributed by atoms with E-state index in [9.17, 15) is 24.3 Å². The molecule has 13 atom stereocenters. The first-order valence-corrected chi connectivity index (χ1v) is 23.2. The molecule has 8 fully saturated rings. The Balaban J connectivity index is 0.000000162. The molecule has 9 nitrogen and oxygen atoms in total. The van der Waals surface area contributed by atoms with Crippen molar-refractivity contribution in [1.82, 2.24) is 0 Å². The van der Waals surface area contributed by atoms with E-state index in [2.05, 4.69) is 27.7 Å². The molecule has 0 aromatic heterocycles. The van der Waals surface area contributed by atoms with Gasteiger partial charge in [0.1, 0.15) is 25.4 Å². The van der Waals surface area contributed by atoms with E-state index in [1.165, 1.54) is 0 Å². The molecule has 4 aliphatic carbocycles. The summed E-state index contributed by atoms with van der Waals surface area (Å²) >= 11 is 7.93. The van der Waals surface area contributed by atoms with E-state index in [0.717, 1.165) is 77.0 Å². The predicted molar refractivity (Wildman–Crippen MR) is 208 cm³/mol. The smallest absolute Gasteiger partial charge is 0.309 e. The predicted octanol–water partition coefficient (Wildman–Crippen LogP) is 6.98. The standard InChI is InChI=1S/C20H30O4S2.C19H28O5S2/c1-12(24-18(22)14-5-8-20(3)16(11-14)26-20)6-9-23-17(21)13-4-7-19(2)15(10-13)25-19;1-18-5-3-11(7-14(18)25-18)16(21)23-9-13(20)10-24-17(22)12-4-6-19(2)15(8-12)26-19/h12-16H,4-11H2,1-3H3;11-15,20H,3-10H2,1-2H3. The molecule has 292 valence electrons. The minimum atomic E-state index is -0.948. The molecule has 1 N–H and O–H groups in total. The Morgan fingerprint density at radius 2 is 0.904 bits per heavy atom. The molecule has 0 aromatic rings. The van der Waals surface area contributed by atoms with Gasteiger partial charge in [0, 0.05) is 46.4 Å².